The number of sulfonamides is 1. The highest BCUT2D eigenvalue weighted by atomic mass is 35.5. The van der Waals surface area contributed by atoms with E-state index in [-0.39, 0.29) is 4.90 Å². The molecule has 3 aromatic rings. The van der Waals surface area contributed by atoms with Gasteiger partial charge < -0.3 is 14.7 Å². The summed E-state index contributed by atoms with van der Waals surface area (Å²) in [5, 5.41) is 9.84. The molecule has 1 aliphatic rings. The zero-order chi connectivity index (χ0) is 25.1. The van der Waals surface area contributed by atoms with Gasteiger partial charge in [0.15, 0.2) is 5.13 Å². The lowest BCUT2D eigenvalue weighted by Crippen LogP contribution is -2.28. The number of aryl methyl sites for hydroxylation is 1. The maximum atomic E-state index is 12.6. The molecular weight excluding hydrogens is 519 g/mol. The Kier molecular flexibility index (Phi) is 7.58. The number of hydrogen-bond acceptors (Lipinski definition) is 7. The number of rotatable bonds is 4. The summed E-state index contributed by atoms with van der Waals surface area (Å²) >= 11 is 7.48. The third-order valence-electron chi connectivity index (χ3n) is 4.47. The fourth-order valence-electron chi connectivity index (χ4n) is 2.83. The smallest absolute Gasteiger partial charge is 0.489 e. The first-order valence-corrected chi connectivity index (χ1v) is 12.2. The van der Waals surface area contributed by atoms with Crippen molar-refractivity contribution in [3.63, 3.8) is 0 Å². The van der Waals surface area contributed by atoms with Gasteiger partial charge in [-0.1, -0.05) is 17.7 Å². The summed E-state index contributed by atoms with van der Waals surface area (Å²) in [5.74, 6) is -2.24. The van der Waals surface area contributed by atoms with E-state index in [4.69, 9.17) is 26.2 Å². The summed E-state index contributed by atoms with van der Waals surface area (Å²) in [4.78, 5) is 15.0. The highest BCUT2D eigenvalue weighted by molar-refractivity contribution is 7.93. The summed E-state index contributed by atoms with van der Waals surface area (Å²) in [6, 6.07) is 10.7. The lowest BCUT2D eigenvalue weighted by molar-refractivity contribution is -0.192. The molecule has 2 heterocycles. The summed E-state index contributed by atoms with van der Waals surface area (Å²) < 4.78 is 65.1. The molecule has 0 bridgehead atoms. The molecule has 1 aromatic heterocycles. The Labute approximate surface area is 201 Å². The molecule has 0 spiro atoms. The lowest BCUT2D eigenvalue weighted by atomic mass is 10.1. The molecule has 34 heavy (non-hydrogen) atoms. The normalized spacial score (nSPS) is 13.3. The Balaban J connectivity index is 0.000000406. The molecular formula is C20H17ClF3N3O5S2. The molecule has 182 valence electrons. The Morgan fingerprint density at radius 2 is 1.97 bits per heavy atom. The van der Waals surface area contributed by atoms with Gasteiger partial charge in [0.05, 0.1) is 17.1 Å². The first kappa shape index (κ1) is 25.6. The summed E-state index contributed by atoms with van der Waals surface area (Å²) in [6.07, 6.45) is -3.54. The average Bonchev–Trinajstić information content (AvgIpc) is 3.27. The van der Waals surface area contributed by atoms with Crippen molar-refractivity contribution in [2.45, 2.75) is 18.0 Å². The van der Waals surface area contributed by atoms with E-state index in [1.165, 1.54) is 17.4 Å². The Hall–Kier alpha value is -3.03. The van der Waals surface area contributed by atoms with Gasteiger partial charge in [-0.25, -0.2) is 18.2 Å². The zero-order valence-electron chi connectivity index (χ0n) is 17.3. The summed E-state index contributed by atoms with van der Waals surface area (Å²) in [7, 11) is -3.73. The molecule has 8 nitrogen and oxygen atoms in total. The molecule has 0 saturated carbocycles. The second-order valence-corrected chi connectivity index (χ2v) is 9.79. The number of aliphatic carboxylic acids is 1. The van der Waals surface area contributed by atoms with Crippen molar-refractivity contribution < 1.29 is 36.2 Å². The third-order valence-corrected chi connectivity index (χ3v) is 7.03. The number of carbonyl (C=O) groups is 1. The number of halogens is 4. The van der Waals surface area contributed by atoms with Crippen molar-refractivity contribution in [1.29, 1.82) is 0 Å². The predicted molar refractivity (Wildman–Crippen MR) is 122 cm³/mol. The summed E-state index contributed by atoms with van der Waals surface area (Å²) in [5.41, 5.74) is 2.74. The molecule has 0 saturated heterocycles. The first-order chi connectivity index (χ1) is 15.9. The number of nitrogens with one attached hydrogen (secondary N) is 1. The topological polar surface area (TPSA) is 109 Å². The van der Waals surface area contributed by atoms with Crippen LogP contribution in [0.15, 0.2) is 52.9 Å². The molecule has 0 fully saturated rings. The van der Waals surface area contributed by atoms with Crippen LogP contribution in [0.25, 0.3) is 0 Å². The monoisotopic (exact) mass is 535 g/mol. The third kappa shape index (κ3) is 6.10. The van der Waals surface area contributed by atoms with E-state index in [9.17, 15) is 21.6 Å². The minimum atomic E-state index is -5.08. The van der Waals surface area contributed by atoms with Crippen molar-refractivity contribution in [3.05, 3.63) is 58.6 Å². The van der Waals surface area contributed by atoms with Crippen LogP contribution in [0.2, 0.25) is 5.02 Å². The largest absolute Gasteiger partial charge is 0.490 e. The highest BCUT2D eigenvalue weighted by Gasteiger charge is 2.38. The van der Waals surface area contributed by atoms with Crippen LogP contribution < -0.4 is 14.4 Å². The van der Waals surface area contributed by atoms with Gasteiger partial charge in [-0.2, -0.15) is 13.2 Å². The van der Waals surface area contributed by atoms with E-state index >= 15 is 0 Å². The van der Waals surface area contributed by atoms with Crippen molar-refractivity contribution in [2.75, 3.05) is 22.8 Å². The number of aromatic nitrogens is 1. The quantitative estimate of drug-likeness (QED) is 0.480. The number of fused-ring (bicyclic) bond motifs is 1. The van der Waals surface area contributed by atoms with Crippen molar-refractivity contribution in [2.24, 2.45) is 0 Å². The number of carboxylic acids is 1. The Bertz CT molecular complexity index is 1290. The molecule has 4 rings (SSSR count). The van der Waals surface area contributed by atoms with Crippen LogP contribution in [0.4, 0.5) is 29.7 Å². The van der Waals surface area contributed by atoms with Crippen LogP contribution in [0.5, 0.6) is 5.75 Å². The van der Waals surface area contributed by atoms with E-state index in [1.54, 1.807) is 23.7 Å². The predicted octanol–water partition coefficient (Wildman–Crippen LogP) is 5.07. The number of thiazole rings is 1. The van der Waals surface area contributed by atoms with Crippen LogP contribution in [0, 0.1) is 6.92 Å². The number of hydrogen-bond donors (Lipinski definition) is 2. The van der Waals surface area contributed by atoms with Crippen molar-refractivity contribution >= 4 is 55.4 Å². The van der Waals surface area contributed by atoms with Gasteiger partial charge in [-0.15, -0.1) is 11.3 Å². The van der Waals surface area contributed by atoms with E-state index in [0.717, 1.165) is 16.9 Å². The summed E-state index contributed by atoms with van der Waals surface area (Å²) in [6.45, 7) is 3.05. The van der Waals surface area contributed by atoms with Gasteiger partial charge in [0, 0.05) is 28.4 Å². The molecule has 14 heteroatoms. The first-order valence-electron chi connectivity index (χ1n) is 9.41. The molecule has 0 atom stereocenters. The van der Waals surface area contributed by atoms with Gasteiger partial charge >= 0.3 is 12.1 Å². The molecule has 1 aliphatic heterocycles. The van der Waals surface area contributed by atoms with Gasteiger partial charge in [-0.05, 0) is 36.8 Å². The van der Waals surface area contributed by atoms with Gasteiger partial charge in [0.1, 0.15) is 12.4 Å². The number of anilines is 3. The average molecular weight is 536 g/mol. The standard InChI is InChI=1S/C18H16ClN3O3S2.C2HF3O2/c1-12-2-3-13(10-15(12)19)22-7-8-25-17-11-14(4-5-16(17)22)27(23,24)21-18-20-6-9-26-18;3-2(4,5)1(6)7/h2-6,9-11H,7-8H2,1H3,(H,20,21);(H,6,7). The minimum Gasteiger partial charge on any atom is -0.489 e. The molecule has 0 radical (unpaired) electrons. The van der Waals surface area contributed by atoms with Crippen LogP contribution in [0.3, 0.4) is 0 Å². The van der Waals surface area contributed by atoms with Crippen molar-refractivity contribution in [1.82, 2.24) is 4.98 Å². The van der Waals surface area contributed by atoms with Crippen LogP contribution in [0.1, 0.15) is 5.56 Å². The Morgan fingerprint density at radius 3 is 2.56 bits per heavy atom. The second kappa shape index (κ2) is 10.1. The SMILES string of the molecule is Cc1ccc(N2CCOc3cc(S(=O)(=O)Nc4nccs4)ccc32)cc1Cl.O=C(O)C(F)(F)F. The van der Waals surface area contributed by atoms with Crippen LogP contribution in [-0.2, 0) is 14.8 Å². The number of nitrogens with zero attached hydrogens (tertiary/aromatic N) is 2. The van der Waals surface area contributed by atoms with Gasteiger partial charge in [0.2, 0.25) is 0 Å². The number of ether oxygens (including phenoxy) is 1. The van der Waals surface area contributed by atoms with Crippen LogP contribution in [-0.4, -0.2) is 43.8 Å². The number of alkyl halides is 3. The number of benzene rings is 2. The van der Waals surface area contributed by atoms with Gasteiger partial charge in [0.25, 0.3) is 10.0 Å². The minimum absolute atomic E-state index is 0.125. The van der Waals surface area contributed by atoms with E-state index in [1.807, 2.05) is 25.1 Å². The fourth-order valence-corrected chi connectivity index (χ4v) is 4.81. The van der Waals surface area contributed by atoms with E-state index in [2.05, 4.69) is 14.6 Å². The maximum Gasteiger partial charge on any atom is 0.490 e. The fraction of sp³-hybridized carbons (Fsp3) is 0.200. The molecule has 0 amide bonds. The maximum absolute atomic E-state index is 12.6. The van der Waals surface area contributed by atoms with Crippen LogP contribution >= 0.6 is 22.9 Å². The van der Waals surface area contributed by atoms with Gasteiger partial charge in [-0.3, -0.25) is 4.72 Å². The molecule has 0 aliphatic carbocycles. The zero-order valence-corrected chi connectivity index (χ0v) is 19.7. The second-order valence-electron chi connectivity index (χ2n) is 6.81. The Morgan fingerprint density at radius 1 is 1.26 bits per heavy atom. The molecule has 2 aromatic carbocycles. The van der Waals surface area contributed by atoms with E-state index < -0.39 is 22.2 Å². The lowest BCUT2D eigenvalue weighted by Gasteiger charge is -2.31. The highest BCUT2D eigenvalue weighted by Crippen LogP contribution is 2.39. The number of carboxylic acid groups (broad SMARTS) is 1. The molecule has 0 unspecified atom stereocenters. The van der Waals surface area contributed by atoms with Crippen molar-refractivity contribution in [3.8, 4) is 5.75 Å². The van der Waals surface area contributed by atoms with E-state index in [0.29, 0.717) is 29.1 Å². The molecule has 2 N–H and O–H groups in total.